The summed E-state index contributed by atoms with van der Waals surface area (Å²) in [7, 11) is 1.60. The van der Waals surface area contributed by atoms with Crippen molar-refractivity contribution in [3.63, 3.8) is 0 Å². The molecule has 0 spiro atoms. The van der Waals surface area contributed by atoms with Crippen LogP contribution in [-0.2, 0) is 0 Å². The number of aromatic nitrogens is 2. The van der Waals surface area contributed by atoms with Crippen LogP contribution in [0.5, 0.6) is 23.0 Å². The number of carbonyl (C=O) groups excluding carboxylic acids is 1. The second-order valence-electron chi connectivity index (χ2n) is 7.66. The zero-order chi connectivity index (χ0) is 24.1. The highest BCUT2D eigenvalue weighted by atomic mass is 16.5. The zero-order valence-corrected chi connectivity index (χ0v) is 19.9. The van der Waals surface area contributed by atoms with E-state index in [9.17, 15) is 4.79 Å². The van der Waals surface area contributed by atoms with E-state index >= 15 is 0 Å². The summed E-state index contributed by atoms with van der Waals surface area (Å²) < 4.78 is 28.1. The van der Waals surface area contributed by atoms with Crippen LogP contribution in [0.15, 0.2) is 40.9 Å². The molecule has 1 fully saturated rings. The Kier molecular flexibility index (Phi) is 7.20. The van der Waals surface area contributed by atoms with E-state index in [1.165, 1.54) is 0 Å². The third kappa shape index (κ3) is 4.64. The third-order valence-corrected chi connectivity index (χ3v) is 5.46. The fraction of sp³-hybridized carbons (Fsp3) is 0.400. The summed E-state index contributed by atoms with van der Waals surface area (Å²) in [6.07, 6.45) is 0. The smallest absolute Gasteiger partial charge is 0.254 e. The van der Waals surface area contributed by atoms with Crippen molar-refractivity contribution in [2.24, 2.45) is 0 Å². The molecule has 9 nitrogen and oxygen atoms in total. The van der Waals surface area contributed by atoms with Crippen molar-refractivity contribution in [3.8, 4) is 34.4 Å². The van der Waals surface area contributed by atoms with Gasteiger partial charge in [0.2, 0.25) is 17.5 Å². The van der Waals surface area contributed by atoms with Crippen LogP contribution in [0.1, 0.15) is 42.9 Å². The lowest BCUT2D eigenvalue weighted by atomic mass is 9.98. The summed E-state index contributed by atoms with van der Waals surface area (Å²) in [6, 6.07) is 10.9. The number of ether oxygens (including phenoxy) is 4. The molecule has 180 valence electrons. The predicted molar refractivity (Wildman–Crippen MR) is 125 cm³/mol. The molecule has 1 aliphatic heterocycles. The van der Waals surface area contributed by atoms with Crippen LogP contribution >= 0.6 is 0 Å². The number of hydrogen-bond acceptors (Lipinski definition) is 8. The molecule has 4 rings (SSSR count). The molecule has 0 aliphatic carbocycles. The quantitative estimate of drug-likeness (QED) is 0.438. The van der Waals surface area contributed by atoms with Gasteiger partial charge in [-0.2, -0.15) is 4.98 Å². The lowest BCUT2D eigenvalue weighted by Crippen LogP contribution is -2.48. The molecule has 1 saturated heterocycles. The molecule has 0 N–H and O–H groups in total. The molecular formula is C25H29N3O6. The summed E-state index contributed by atoms with van der Waals surface area (Å²) in [5.41, 5.74) is 1.24. The number of hydrogen-bond donors (Lipinski definition) is 0. The highest BCUT2D eigenvalue weighted by Gasteiger charge is 2.37. The first-order valence-electron chi connectivity index (χ1n) is 11.4. The number of para-hydroxylation sites is 1. The van der Waals surface area contributed by atoms with E-state index in [1.54, 1.807) is 24.1 Å². The fourth-order valence-electron chi connectivity index (χ4n) is 3.84. The molecule has 1 amide bonds. The summed E-state index contributed by atoms with van der Waals surface area (Å²) in [5, 5.41) is 4.10. The van der Waals surface area contributed by atoms with Crippen molar-refractivity contribution in [1.82, 2.24) is 15.0 Å². The average Bonchev–Trinajstić information content (AvgIpc) is 3.29. The molecular weight excluding hydrogens is 438 g/mol. The van der Waals surface area contributed by atoms with E-state index in [0.717, 1.165) is 5.56 Å². The van der Waals surface area contributed by atoms with Gasteiger partial charge < -0.3 is 28.4 Å². The monoisotopic (exact) mass is 467 g/mol. The average molecular weight is 468 g/mol. The minimum atomic E-state index is -0.120. The van der Waals surface area contributed by atoms with Crippen LogP contribution in [0.25, 0.3) is 11.4 Å². The molecule has 1 aromatic heterocycles. The highest BCUT2D eigenvalue weighted by molar-refractivity contribution is 5.96. The molecule has 0 atom stereocenters. The Labute approximate surface area is 198 Å². The second kappa shape index (κ2) is 10.5. The van der Waals surface area contributed by atoms with E-state index in [0.29, 0.717) is 73.2 Å². The van der Waals surface area contributed by atoms with Gasteiger partial charge in [0.15, 0.2) is 11.5 Å². The van der Waals surface area contributed by atoms with Gasteiger partial charge in [0.1, 0.15) is 5.75 Å². The van der Waals surface area contributed by atoms with E-state index in [1.807, 2.05) is 45.0 Å². The Morgan fingerprint density at radius 3 is 2.26 bits per heavy atom. The molecule has 0 radical (unpaired) electrons. The summed E-state index contributed by atoms with van der Waals surface area (Å²) >= 11 is 0. The van der Waals surface area contributed by atoms with Crippen LogP contribution < -0.4 is 18.9 Å². The fourth-order valence-corrected chi connectivity index (χ4v) is 3.84. The van der Waals surface area contributed by atoms with E-state index in [4.69, 9.17) is 23.5 Å². The number of benzene rings is 2. The third-order valence-electron chi connectivity index (χ3n) is 5.46. The van der Waals surface area contributed by atoms with E-state index in [-0.39, 0.29) is 11.8 Å². The van der Waals surface area contributed by atoms with Crippen LogP contribution in [-0.4, -0.2) is 61.0 Å². The standard InChI is InChI=1S/C25H29N3O6/c1-5-31-20-12-16(13-21(32-6-2)22(20)33-7-3)25(29)28-14-17(15-28)24-26-23(27-34-24)18-10-8-9-11-19(18)30-4/h8-13,17H,5-7,14-15H2,1-4H3. The summed E-state index contributed by atoms with van der Waals surface area (Å²) in [4.78, 5) is 19.5. The molecule has 3 aromatic rings. The Hall–Kier alpha value is -3.75. The number of rotatable bonds is 10. The van der Waals surface area contributed by atoms with Gasteiger partial charge in [-0.05, 0) is 45.0 Å². The maximum atomic E-state index is 13.2. The van der Waals surface area contributed by atoms with Gasteiger partial charge >= 0.3 is 0 Å². The number of methoxy groups -OCH3 is 1. The Bertz CT molecular complexity index is 1110. The molecule has 0 bridgehead atoms. The first kappa shape index (κ1) is 23.4. The van der Waals surface area contributed by atoms with E-state index in [2.05, 4.69) is 10.1 Å². The topological polar surface area (TPSA) is 96.2 Å². The second-order valence-corrected chi connectivity index (χ2v) is 7.66. The van der Waals surface area contributed by atoms with Crippen molar-refractivity contribution in [3.05, 3.63) is 47.9 Å². The molecule has 2 heterocycles. The largest absolute Gasteiger partial charge is 0.496 e. The molecule has 0 saturated carbocycles. The van der Waals surface area contributed by atoms with Crippen molar-refractivity contribution >= 4 is 5.91 Å². The lowest BCUT2D eigenvalue weighted by molar-refractivity contribution is 0.0568. The van der Waals surface area contributed by atoms with Crippen LogP contribution in [0, 0.1) is 0 Å². The van der Waals surface area contributed by atoms with Crippen molar-refractivity contribution in [2.45, 2.75) is 26.7 Å². The minimum absolute atomic E-state index is 0.0275. The van der Waals surface area contributed by atoms with Gasteiger partial charge in [-0.3, -0.25) is 4.79 Å². The molecule has 0 unspecified atom stereocenters. The summed E-state index contributed by atoms with van der Waals surface area (Å²) in [5.74, 6) is 2.99. The first-order valence-corrected chi connectivity index (χ1v) is 11.4. The number of likely N-dealkylation sites (tertiary alicyclic amines) is 1. The van der Waals surface area contributed by atoms with Gasteiger partial charge in [-0.15, -0.1) is 0 Å². The molecule has 34 heavy (non-hydrogen) atoms. The highest BCUT2D eigenvalue weighted by Crippen LogP contribution is 2.40. The summed E-state index contributed by atoms with van der Waals surface area (Å²) in [6.45, 7) is 7.97. The van der Waals surface area contributed by atoms with Gasteiger partial charge in [0.25, 0.3) is 5.91 Å². The van der Waals surface area contributed by atoms with Gasteiger partial charge in [-0.1, -0.05) is 17.3 Å². The van der Waals surface area contributed by atoms with Crippen molar-refractivity contribution in [1.29, 1.82) is 0 Å². The Balaban J connectivity index is 1.49. The first-order chi connectivity index (χ1) is 16.6. The molecule has 9 heteroatoms. The molecule has 2 aromatic carbocycles. The Morgan fingerprint density at radius 1 is 1.00 bits per heavy atom. The van der Waals surface area contributed by atoms with E-state index < -0.39 is 0 Å². The van der Waals surface area contributed by atoms with Gasteiger partial charge in [0, 0.05) is 18.7 Å². The maximum Gasteiger partial charge on any atom is 0.254 e. The van der Waals surface area contributed by atoms with Crippen molar-refractivity contribution < 1.29 is 28.3 Å². The maximum absolute atomic E-state index is 13.2. The molecule has 1 aliphatic rings. The minimum Gasteiger partial charge on any atom is -0.496 e. The Morgan fingerprint density at radius 2 is 1.65 bits per heavy atom. The van der Waals surface area contributed by atoms with Crippen LogP contribution in [0.4, 0.5) is 0 Å². The zero-order valence-electron chi connectivity index (χ0n) is 19.9. The number of nitrogens with zero attached hydrogens (tertiary/aromatic N) is 3. The van der Waals surface area contributed by atoms with Crippen molar-refractivity contribution in [2.75, 3.05) is 40.0 Å². The van der Waals surface area contributed by atoms with Crippen LogP contribution in [0.2, 0.25) is 0 Å². The number of carbonyl (C=O) groups is 1. The van der Waals surface area contributed by atoms with Gasteiger partial charge in [-0.25, -0.2) is 0 Å². The SMILES string of the molecule is CCOc1cc(C(=O)N2CC(c3nc(-c4ccccc4OC)no3)C2)cc(OCC)c1OCC. The normalized spacial score (nSPS) is 13.4. The lowest BCUT2D eigenvalue weighted by Gasteiger charge is -2.37. The van der Waals surface area contributed by atoms with Gasteiger partial charge in [0.05, 0.1) is 38.4 Å². The predicted octanol–water partition coefficient (Wildman–Crippen LogP) is 4.18. The number of amides is 1. The van der Waals surface area contributed by atoms with Crippen LogP contribution in [0.3, 0.4) is 0 Å².